The molecule has 4 heteroatoms. The smallest absolute Gasteiger partial charge is 0.135 e. The number of ether oxygens (including phenoxy) is 1. The molecule has 0 unspecified atom stereocenters. The third-order valence-electron chi connectivity index (χ3n) is 5.48. The summed E-state index contributed by atoms with van der Waals surface area (Å²) in [6.45, 7) is 4.66. The average molecular weight is 339 g/mol. The zero-order valence-electron chi connectivity index (χ0n) is 14.6. The number of nitrogens with one attached hydrogen (secondary N) is 1. The number of aliphatic hydroxyl groups is 1. The second-order valence-corrected chi connectivity index (χ2v) is 7.23. The highest BCUT2D eigenvalue weighted by molar-refractivity contribution is 6.05. The molecule has 25 heavy (non-hydrogen) atoms. The van der Waals surface area contributed by atoms with E-state index >= 15 is 0 Å². The minimum Gasteiger partial charge on any atom is -0.459 e. The van der Waals surface area contributed by atoms with E-state index in [1.807, 2.05) is 6.07 Å². The van der Waals surface area contributed by atoms with Gasteiger partial charge in [-0.3, -0.25) is 0 Å². The Hall–Kier alpha value is -1.88. The molecule has 1 aliphatic heterocycles. The summed E-state index contributed by atoms with van der Waals surface area (Å²) in [6, 6.07) is 14.8. The van der Waals surface area contributed by atoms with E-state index in [1.54, 1.807) is 0 Å². The summed E-state index contributed by atoms with van der Waals surface area (Å²) in [5.74, 6) is 0.949. The van der Waals surface area contributed by atoms with Gasteiger partial charge in [-0.1, -0.05) is 30.3 Å². The molecule has 2 N–H and O–H groups in total. The van der Waals surface area contributed by atoms with Crippen LogP contribution in [-0.2, 0) is 4.74 Å². The second-order valence-electron chi connectivity index (χ2n) is 7.23. The van der Waals surface area contributed by atoms with Crippen molar-refractivity contribution in [3.63, 3.8) is 0 Å². The van der Waals surface area contributed by atoms with Crippen molar-refractivity contribution in [3.05, 3.63) is 48.2 Å². The molecule has 1 aromatic heterocycles. The molecular weight excluding hydrogens is 314 g/mol. The lowest BCUT2D eigenvalue weighted by molar-refractivity contribution is 0.122. The van der Waals surface area contributed by atoms with Gasteiger partial charge in [0.05, 0.1) is 12.6 Å². The van der Waals surface area contributed by atoms with Crippen LogP contribution in [0.5, 0.6) is 0 Å². The van der Waals surface area contributed by atoms with Crippen LogP contribution in [0.15, 0.2) is 46.9 Å². The topological polar surface area (TPSA) is 54.6 Å². The van der Waals surface area contributed by atoms with Crippen LogP contribution in [0.3, 0.4) is 0 Å². The summed E-state index contributed by atoms with van der Waals surface area (Å²) in [7, 11) is 0. The Morgan fingerprint density at radius 1 is 1.20 bits per heavy atom. The van der Waals surface area contributed by atoms with Crippen molar-refractivity contribution in [1.82, 2.24) is 5.32 Å². The van der Waals surface area contributed by atoms with E-state index in [0.717, 1.165) is 49.3 Å². The fraction of sp³-hybridized carbons (Fsp3) is 0.429. The van der Waals surface area contributed by atoms with Crippen molar-refractivity contribution in [2.75, 3.05) is 26.4 Å². The summed E-state index contributed by atoms with van der Waals surface area (Å²) < 4.78 is 11.7. The van der Waals surface area contributed by atoms with E-state index in [9.17, 15) is 5.11 Å². The fourth-order valence-electron chi connectivity index (χ4n) is 3.81. The molecule has 3 aromatic rings. The maximum absolute atomic E-state index is 9.37. The van der Waals surface area contributed by atoms with E-state index in [2.05, 4.69) is 48.6 Å². The first kappa shape index (κ1) is 16.6. The van der Waals surface area contributed by atoms with Crippen LogP contribution in [-0.4, -0.2) is 31.5 Å². The highest BCUT2D eigenvalue weighted by Crippen LogP contribution is 2.34. The zero-order valence-corrected chi connectivity index (χ0v) is 14.6. The summed E-state index contributed by atoms with van der Waals surface area (Å²) >= 11 is 0. The van der Waals surface area contributed by atoms with Crippen LogP contribution >= 0.6 is 0 Å². The Kier molecular flexibility index (Phi) is 4.50. The second kappa shape index (κ2) is 6.79. The van der Waals surface area contributed by atoms with Gasteiger partial charge in [-0.2, -0.15) is 0 Å². The number of benzene rings is 2. The molecule has 1 fully saturated rings. The largest absolute Gasteiger partial charge is 0.459 e. The number of rotatable bonds is 6. The molecule has 4 rings (SSSR count). The Bertz CT molecular complexity index is 864. The highest BCUT2D eigenvalue weighted by Gasteiger charge is 2.34. The van der Waals surface area contributed by atoms with Crippen molar-refractivity contribution < 1.29 is 14.3 Å². The van der Waals surface area contributed by atoms with E-state index in [1.165, 1.54) is 10.8 Å². The van der Waals surface area contributed by atoms with Gasteiger partial charge >= 0.3 is 0 Å². The molecule has 0 spiro atoms. The van der Waals surface area contributed by atoms with Gasteiger partial charge in [-0.05, 0) is 42.7 Å². The monoisotopic (exact) mass is 339 g/mol. The summed E-state index contributed by atoms with van der Waals surface area (Å²) in [4.78, 5) is 0. The van der Waals surface area contributed by atoms with Gasteiger partial charge in [-0.25, -0.2) is 0 Å². The minimum absolute atomic E-state index is 0.0434. The van der Waals surface area contributed by atoms with Gasteiger partial charge in [0.25, 0.3) is 0 Å². The molecule has 0 amide bonds. The molecule has 0 saturated carbocycles. The molecule has 132 valence electrons. The van der Waals surface area contributed by atoms with Gasteiger partial charge < -0.3 is 19.6 Å². The van der Waals surface area contributed by atoms with Crippen molar-refractivity contribution in [3.8, 4) is 0 Å². The maximum atomic E-state index is 9.37. The van der Waals surface area contributed by atoms with Crippen LogP contribution in [0.2, 0.25) is 0 Å². The van der Waals surface area contributed by atoms with Crippen LogP contribution in [0.4, 0.5) is 0 Å². The normalized spacial score (nSPS) is 22.0. The molecule has 2 atom stereocenters. The van der Waals surface area contributed by atoms with Gasteiger partial charge in [0.2, 0.25) is 0 Å². The quantitative estimate of drug-likeness (QED) is 0.712. The number of fused-ring (bicyclic) bond motifs is 3. The lowest BCUT2D eigenvalue weighted by atomic mass is 9.83. The minimum atomic E-state index is 0.0434. The van der Waals surface area contributed by atoms with Crippen LogP contribution < -0.4 is 5.32 Å². The Labute approximate surface area is 147 Å². The highest BCUT2D eigenvalue weighted by atomic mass is 16.5. The first-order chi connectivity index (χ1) is 12.2. The lowest BCUT2D eigenvalue weighted by Gasteiger charge is -2.28. The van der Waals surface area contributed by atoms with Crippen molar-refractivity contribution in [2.45, 2.75) is 25.8 Å². The van der Waals surface area contributed by atoms with Gasteiger partial charge in [0.1, 0.15) is 11.3 Å². The number of hydrogen-bond donors (Lipinski definition) is 2. The lowest BCUT2D eigenvalue weighted by Crippen LogP contribution is -2.36. The predicted octanol–water partition coefficient (Wildman–Crippen LogP) is 4.03. The van der Waals surface area contributed by atoms with Crippen molar-refractivity contribution in [1.29, 1.82) is 0 Å². The zero-order chi connectivity index (χ0) is 17.3. The maximum Gasteiger partial charge on any atom is 0.135 e. The summed E-state index contributed by atoms with van der Waals surface area (Å²) in [5.41, 5.74) is 0.971. The Morgan fingerprint density at radius 2 is 2.08 bits per heavy atom. The van der Waals surface area contributed by atoms with Crippen LogP contribution in [0.1, 0.15) is 31.6 Å². The molecule has 2 aromatic carbocycles. The number of aliphatic hydroxyl groups excluding tert-OH is 1. The predicted molar refractivity (Wildman–Crippen MR) is 99.7 cm³/mol. The molecule has 4 nitrogen and oxygen atoms in total. The van der Waals surface area contributed by atoms with Crippen LogP contribution in [0, 0.1) is 5.41 Å². The molecule has 1 saturated heterocycles. The fourth-order valence-corrected chi connectivity index (χ4v) is 3.81. The van der Waals surface area contributed by atoms with Crippen molar-refractivity contribution in [2.24, 2.45) is 5.41 Å². The molecule has 0 aliphatic carbocycles. The number of hydrogen-bond acceptors (Lipinski definition) is 4. The van der Waals surface area contributed by atoms with E-state index in [-0.39, 0.29) is 18.1 Å². The first-order valence-corrected chi connectivity index (χ1v) is 9.04. The standard InChI is InChI=1S/C21H25NO3/c1-15(22-13-21(8-10-23)9-11-24-14-21)20-12-18-17-5-3-2-4-16(17)6-7-19(18)25-20/h2-7,12,15,22-23H,8-11,13-14H2,1H3/t15-,21-/m0/s1. The van der Waals surface area contributed by atoms with E-state index in [0.29, 0.717) is 0 Å². The third-order valence-corrected chi connectivity index (χ3v) is 5.48. The Balaban J connectivity index is 1.55. The molecular formula is C21H25NO3. The third kappa shape index (κ3) is 3.17. The van der Waals surface area contributed by atoms with Gasteiger partial charge in [0.15, 0.2) is 0 Å². The summed E-state index contributed by atoms with van der Waals surface area (Å²) in [6.07, 6.45) is 1.77. The average Bonchev–Trinajstić information content (AvgIpc) is 3.27. The van der Waals surface area contributed by atoms with Crippen molar-refractivity contribution >= 4 is 21.7 Å². The summed E-state index contributed by atoms with van der Waals surface area (Å²) in [5, 5.41) is 16.6. The first-order valence-electron chi connectivity index (χ1n) is 9.04. The van der Waals surface area contributed by atoms with Crippen LogP contribution in [0.25, 0.3) is 21.7 Å². The Morgan fingerprint density at radius 3 is 2.88 bits per heavy atom. The molecule has 1 aliphatic rings. The molecule has 0 radical (unpaired) electrons. The molecule has 2 heterocycles. The van der Waals surface area contributed by atoms with Gasteiger partial charge in [-0.15, -0.1) is 0 Å². The van der Waals surface area contributed by atoms with E-state index < -0.39 is 0 Å². The number of furan rings is 1. The van der Waals surface area contributed by atoms with Gasteiger partial charge in [0, 0.05) is 30.6 Å². The molecule has 0 bridgehead atoms. The SMILES string of the molecule is C[C@H](NC[C@]1(CCO)CCOC1)c1cc2c(ccc3ccccc32)o1. The van der Waals surface area contributed by atoms with E-state index in [4.69, 9.17) is 9.15 Å².